The summed E-state index contributed by atoms with van der Waals surface area (Å²) in [6.45, 7) is 3.46. The zero-order chi connectivity index (χ0) is 23.5. The van der Waals surface area contributed by atoms with Gasteiger partial charge >= 0.3 is 5.97 Å². The van der Waals surface area contributed by atoms with E-state index in [2.05, 4.69) is 17.0 Å². The molecule has 0 saturated heterocycles. The van der Waals surface area contributed by atoms with E-state index in [-0.39, 0.29) is 23.8 Å². The molecule has 0 aliphatic heterocycles. The van der Waals surface area contributed by atoms with Crippen LogP contribution in [0.2, 0.25) is 0 Å². The van der Waals surface area contributed by atoms with E-state index in [1.807, 2.05) is 24.3 Å². The molecule has 1 amide bonds. The van der Waals surface area contributed by atoms with E-state index in [1.165, 1.54) is 35.8 Å². The summed E-state index contributed by atoms with van der Waals surface area (Å²) in [6.07, 6.45) is 0.910. The lowest BCUT2D eigenvalue weighted by Crippen LogP contribution is -2.24. The molecule has 2 aromatic carbocycles. The second-order valence-corrected chi connectivity index (χ2v) is 8.23. The van der Waals surface area contributed by atoms with Gasteiger partial charge in [0.1, 0.15) is 6.61 Å². The highest BCUT2D eigenvalue weighted by molar-refractivity contribution is 7.14. The Kier molecular flexibility index (Phi) is 6.32. The zero-order valence-electron chi connectivity index (χ0n) is 18.4. The molecule has 2 heterocycles. The van der Waals surface area contributed by atoms with Crippen molar-refractivity contribution in [2.45, 2.75) is 26.9 Å². The van der Waals surface area contributed by atoms with Gasteiger partial charge in [-0.2, -0.15) is 5.10 Å². The van der Waals surface area contributed by atoms with Crippen molar-refractivity contribution in [2.75, 3.05) is 4.90 Å². The first-order valence-electron chi connectivity index (χ1n) is 10.4. The molecule has 0 aliphatic carbocycles. The highest BCUT2D eigenvalue weighted by Gasteiger charge is 2.20. The second kappa shape index (κ2) is 9.33. The van der Waals surface area contributed by atoms with E-state index in [0.29, 0.717) is 21.6 Å². The van der Waals surface area contributed by atoms with Crippen LogP contribution >= 0.6 is 11.3 Å². The molecule has 8 nitrogen and oxygen atoms in total. The van der Waals surface area contributed by atoms with Crippen LogP contribution in [0.25, 0.3) is 10.8 Å². The standard InChI is InChI=1S/C24H22N4O4S/c1-4-16-9-11-18(12-10-16)28(15(2)29)24-25-17(14-33-24)13-32-23(31)21-19-7-5-6-8-20(19)22(30)27(3)26-21/h5-12,14H,4,13H2,1-3H3. The molecule has 4 aromatic rings. The Bertz CT molecular complexity index is 1390. The molecule has 0 N–H and O–H groups in total. The van der Waals surface area contributed by atoms with E-state index < -0.39 is 5.97 Å². The van der Waals surface area contributed by atoms with Gasteiger partial charge in [0.25, 0.3) is 5.56 Å². The van der Waals surface area contributed by atoms with Gasteiger partial charge in [0, 0.05) is 24.7 Å². The lowest BCUT2D eigenvalue weighted by Gasteiger charge is -2.18. The third-order valence-corrected chi connectivity index (χ3v) is 6.02. The number of hydrogen-bond donors (Lipinski definition) is 0. The lowest BCUT2D eigenvalue weighted by molar-refractivity contribution is -0.115. The van der Waals surface area contributed by atoms with Crippen molar-refractivity contribution >= 4 is 44.8 Å². The van der Waals surface area contributed by atoms with E-state index in [9.17, 15) is 14.4 Å². The van der Waals surface area contributed by atoms with Crippen molar-refractivity contribution in [1.29, 1.82) is 0 Å². The maximum Gasteiger partial charge on any atom is 0.359 e. The normalized spacial score (nSPS) is 10.9. The van der Waals surface area contributed by atoms with Gasteiger partial charge in [0.05, 0.1) is 16.8 Å². The summed E-state index contributed by atoms with van der Waals surface area (Å²) in [5.41, 5.74) is 2.17. The Labute approximate surface area is 194 Å². The number of aryl methyl sites for hydroxylation is 2. The Hall–Kier alpha value is -3.85. The third kappa shape index (κ3) is 4.54. The number of aromatic nitrogens is 3. The summed E-state index contributed by atoms with van der Waals surface area (Å²) in [7, 11) is 1.49. The number of rotatable bonds is 6. The highest BCUT2D eigenvalue weighted by Crippen LogP contribution is 2.29. The number of ether oxygens (including phenoxy) is 1. The largest absolute Gasteiger partial charge is 0.454 e. The maximum atomic E-state index is 12.7. The van der Waals surface area contributed by atoms with Crippen molar-refractivity contribution in [3.05, 3.63) is 81.2 Å². The van der Waals surface area contributed by atoms with Crippen LogP contribution in [0, 0.1) is 0 Å². The van der Waals surface area contributed by atoms with Crippen molar-refractivity contribution in [3.8, 4) is 0 Å². The fourth-order valence-electron chi connectivity index (χ4n) is 3.43. The minimum absolute atomic E-state index is 0.0597. The monoisotopic (exact) mass is 462 g/mol. The maximum absolute atomic E-state index is 12.7. The highest BCUT2D eigenvalue weighted by atomic mass is 32.1. The van der Waals surface area contributed by atoms with Gasteiger partial charge in [-0.1, -0.05) is 37.3 Å². The topological polar surface area (TPSA) is 94.4 Å². The molecule has 0 fully saturated rings. The SMILES string of the molecule is CCc1ccc(N(C(C)=O)c2nc(COC(=O)c3nn(C)c(=O)c4ccccc34)cs2)cc1. The first kappa shape index (κ1) is 22.3. The summed E-state index contributed by atoms with van der Waals surface area (Å²) in [4.78, 5) is 43.3. The van der Waals surface area contributed by atoms with Crippen LogP contribution in [0.4, 0.5) is 10.8 Å². The number of carbonyl (C=O) groups excluding carboxylic acids is 2. The van der Waals surface area contributed by atoms with Crippen molar-refractivity contribution in [2.24, 2.45) is 7.05 Å². The van der Waals surface area contributed by atoms with Gasteiger partial charge in [-0.25, -0.2) is 14.5 Å². The van der Waals surface area contributed by atoms with Gasteiger partial charge in [0.2, 0.25) is 5.91 Å². The summed E-state index contributed by atoms with van der Waals surface area (Å²) >= 11 is 1.29. The number of nitrogens with zero attached hydrogens (tertiary/aromatic N) is 4. The van der Waals surface area contributed by atoms with Gasteiger partial charge in [-0.3, -0.25) is 14.5 Å². The lowest BCUT2D eigenvalue weighted by atomic mass is 10.1. The van der Waals surface area contributed by atoms with Crippen LogP contribution < -0.4 is 10.5 Å². The third-order valence-electron chi connectivity index (χ3n) is 5.15. The zero-order valence-corrected chi connectivity index (χ0v) is 19.3. The van der Waals surface area contributed by atoms with E-state index in [1.54, 1.807) is 29.6 Å². The average Bonchev–Trinajstić information content (AvgIpc) is 3.28. The Balaban J connectivity index is 1.54. The quantitative estimate of drug-likeness (QED) is 0.402. The first-order chi connectivity index (χ1) is 15.9. The van der Waals surface area contributed by atoms with E-state index in [4.69, 9.17) is 4.74 Å². The summed E-state index contributed by atoms with van der Waals surface area (Å²) in [5, 5.41) is 7.14. The molecular weight excluding hydrogens is 440 g/mol. The average molecular weight is 463 g/mol. The Morgan fingerprint density at radius 3 is 2.45 bits per heavy atom. The molecule has 0 radical (unpaired) electrons. The molecule has 0 unspecified atom stereocenters. The molecule has 0 bridgehead atoms. The molecule has 168 valence electrons. The van der Waals surface area contributed by atoms with Crippen LogP contribution in [-0.2, 0) is 29.6 Å². The summed E-state index contributed by atoms with van der Waals surface area (Å²) in [6, 6.07) is 14.5. The smallest absolute Gasteiger partial charge is 0.359 e. The molecule has 9 heteroatoms. The predicted molar refractivity (Wildman–Crippen MR) is 127 cm³/mol. The van der Waals surface area contributed by atoms with Crippen LogP contribution in [0.3, 0.4) is 0 Å². The number of esters is 1. The van der Waals surface area contributed by atoms with Gasteiger partial charge in [-0.15, -0.1) is 11.3 Å². The van der Waals surface area contributed by atoms with Crippen LogP contribution in [0.15, 0.2) is 58.7 Å². The van der Waals surface area contributed by atoms with Gasteiger partial charge in [0.15, 0.2) is 10.8 Å². The van der Waals surface area contributed by atoms with E-state index in [0.717, 1.165) is 16.8 Å². The van der Waals surface area contributed by atoms with Crippen LogP contribution in [0.5, 0.6) is 0 Å². The molecule has 4 rings (SSSR count). The number of anilines is 2. The van der Waals surface area contributed by atoms with E-state index >= 15 is 0 Å². The molecule has 2 aromatic heterocycles. The predicted octanol–water partition coefficient (Wildman–Crippen LogP) is 3.99. The molecule has 0 atom stereocenters. The molecular formula is C24H22N4O4S. The van der Waals surface area contributed by atoms with Crippen molar-refractivity contribution in [1.82, 2.24) is 14.8 Å². The first-order valence-corrected chi connectivity index (χ1v) is 11.2. The number of hydrogen-bond acceptors (Lipinski definition) is 7. The summed E-state index contributed by atoms with van der Waals surface area (Å²) < 4.78 is 6.55. The van der Waals surface area contributed by atoms with Crippen molar-refractivity contribution < 1.29 is 14.3 Å². The number of thiazole rings is 1. The minimum Gasteiger partial charge on any atom is -0.454 e. The molecule has 0 spiro atoms. The van der Waals surface area contributed by atoms with Gasteiger partial charge in [-0.05, 0) is 30.2 Å². The number of benzene rings is 2. The fraction of sp³-hybridized carbons (Fsp3) is 0.208. The van der Waals surface area contributed by atoms with Crippen molar-refractivity contribution in [3.63, 3.8) is 0 Å². The number of fused-ring (bicyclic) bond motifs is 1. The second-order valence-electron chi connectivity index (χ2n) is 7.39. The minimum atomic E-state index is -0.657. The molecule has 0 saturated carbocycles. The van der Waals surface area contributed by atoms with Crippen LogP contribution in [0.1, 0.15) is 35.6 Å². The number of amides is 1. The molecule has 0 aliphatic rings. The fourth-order valence-corrected chi connectivity index (χ4v) is 4.30. The Morgan fingerprint density at radius 2 is 1.79 bits per heavy atom. The Morgan fingerprint density at radius 1 is 1.09 bits per heavy atom. The number of carbonyl (C=O) groups is 2. The van der Waals surface area contributed by atoms with Crippen LogP contribution in [-0.4, -0.2) is 26.6 Å². The summed E-state index contributed by atoms with van der Waals surface area (Å²) in [5.74, 6) is -0.826. The molecule has 33 heavy (non-hydrogen) atoms. The van der Waals surface area contributed by atoms with Gasteiger partial charge < -0.3 is 4.74 Å².